The molecule has 0 spiro atoms. The molecule has 1 aromatic heterocycles. The van der Waals surface area contributed by atoms with E-state index in [1.807, 2.05) is 25.6 Å². The molecule has 2 rings (SSSR count). The minimum absolute atomic E-state index is 0.327. The molecule has 1 heterocycles. The second-order valence-electron chi connectivity index (χ2n) is 5.46. The summed E-state index contributed by atoms with van der Waals surface area (Å²) >= 11 is 0. The fraction of sp³-hybridized carbons (Fsp3) is 0.786. The molecule has 0 bridgehead atoms. The Bertz CT molecular complexity index is 378. The normalized spacial score (nSPS) is 19.5. The van der Waals surface area contributed by atoms with Gasteiger partial charge < -0.3 is 5.11 Å². The lowest BCUT2D eigenvalue weighted by Gasteiger charge is -2.24. The van der Waals surface area contributed by atoms with E-state index in [0.29, 0.717) is 5.92 Å². The molecule has 1 aliphatic carbocycles. The van der Waals surface area contributed by atoms with Gasteiger partial charge in [-0.3, -0.25) is 4.68 Å². The molecule has 1 fully saturated rings. The van der Waals surface area contributed by atoms with E-state index >= 15 is 0 Å². The monoisotopic (exact) mass is 236 g/mol. The van der Waals surface area contributed by atoms with Crippen molar-refractivity contribution in [3.8, 4) is 0 Å². The predicted molar refractivity (Wildman–Crippen MR) is 68.8 cm³/mol. The molecule has 17 heavy (non-hydrogen) atoms. The van der Waals surface area contributed by atoms with Crippen molar-refractivity contribution in [2.75, 3.05) is 0 Å². The van der Waals surface area contributed by atoms with E-state index in [9.17, 15) is 5.11 Å². The second kappa shape index (κ2) is 5.21. The summed E-state index contributed by atoms with van der Waals surface area (Å²) in [6.07, 6.45) is 7.20. The van der Waals surface area contributed by atoms with Crippen LogP contribution in [0.4, 0.5) is 0 Å². The lowest BCUT2D eigenvalue weighted by atomic mass is 9.84. The van der Waals surface area contributed by atoms with Crippen molar-refractivity contribution < 1.29 is 5.11 Å². The maximum Gasteiger partial charge on any atom is 0.0828 e. The van der Waals surface area contributed by atoms with E-state index in [1.165, 1.54) is 32.1 Å². The summed E-state index contributed by atoms with van der Waals surface area (Å²) in [7, 11) is 1.94. The van der Waals surface area contributed by atoms with Crippen LogP contribution in [-0.4, -0.2) is 14.9 Å². The van der Waals surface area contributed by atoms with Gasteiger partial charge in [-0.25, -0.2) is 0 Å². The molecule has 96 valence electrons. The van der Waals surface area contributed by atoms with Crippen LogP contribution in [0, 0.1) is 19.8 Å². The average Bonchev–Trinajstić information content (AvgIpc) is 2.54. The van der Waals surface area contributed by atoms with Crippen molar-refractivity contribution in [3.05, 3.63) is 17.0 Å². The van der Waals surface area contributed by atoms with E-state index in [4.69, 9.17) is 0 Å². The van der Waals surface area contributed by atoms with Gasteiger partial charge in [0.2, 0.25) is 0 Å². The van der Waals surface area contributed by atoms with E-state index in [0.717, 1.165) is 23.4 Å². The first-order valence-corrected chi connectivity index (χ1v) is 6.77. The van der Waals surface area contributed by atoms with Gasteiger partial charge in [0, 0.05) is 18.3 Å². The van der Waals surface area contributed by atoms with Crippen LogP contribution in [0.3, 0.4) is 0 Å². The summed E-state index contributed by atoms with van der Waals surface area (Å²) in [5.74, 6) is 0.706. The van der Waals surface area contributed by atoms with Gasteiger partial charge in [-0.05, 0) is 26.2 Å². The molecule has 1 aliphatic rings. The number of hydrogen-bond donors (Lipinski definition) is 1. The summed E-state index contributed by atoms with van der Waals surface area (Å²) in [5.41, 5.74) is 3.14. The van der Waals surface area contributed by atoms with E-state index in [-0.39, 0.29) is 6.10 Å². The van der Waals surface area contributed by atoms with Crippen LogP contribution in [0.2, 0.25) is 0 Å². The fourth-order valence-electron chi connectivity index (χ4n) is 3.13. The van der Waals surface area contributed by atoms with Gasteiger partial charge in [0.25, 0.3) is 0 Å². The smallest absolute Gasteiger partial charge is 0.0828 e. The molecule has 3 heteroatoms. The minimum Gasteiger partial charge on any atom is -0.388 e. The molecule has 0 aromatic carbocycles. The third-order valence-corrected chi connectivity index (χ3v) is 4.18. The third-order valence-electron chi connectivity index (χ3n) is 4.18. The zero-order chi connectivity index (χ0) is 12.4. The van der Waals surface area contributed by atoms with Crippen molar-refractivity contribution in [3.63, 3.8) is 0 Å². The topological polar surface area (TPSA) is 38.0 Å². The van der Waals surface area contributed by atoms with Gasteiger partial charge in [-0.2, -0.15) is 5.10 Å². The molecule has 1 saturated carbocycles. The first-order valence-electron chi connectivity index (χ1n) is 6.77. The molecule has 1 unspecified atom stereocenters. The van der Waals surface area contributed by atoms with Gasteiger partial charge in [-0.1, -0.05) is 32.1 Å². The van der Waals surface area contributed by atoms with Crippen LogP contribution in [0.15, 0.2) is 0 Å². The third kappa shape index (κ3) is 2.71. The van der Waals surface area contributed by atoms with Crippen molar-refractivity contribution in [1.82, 2.24) is 9.78 Å². The summed E-state index contributed by atoms with van der Waals surface area (Å²) in [6, 6.07) is 0. The highest BCUT2D eigenvalue weighted by Gasteiger charge is 2.22. The Morgan fingerprint density at radius 1 is 1.29 bits per heavy atom. The van der Waals surface area contributed by atoms with Gasteiger partial charge >= 0.3 is 0 Å². The van der Waals surface area contributed by atoms with Gasteiger partial charge in [0.05, 0.1) is 11.8 Å². The number of aryl methyl sites for hydroxylation is 2. The Morgan fingerprint density at radius 3 is 2.47 bits per heavy atom. The molecule has 1 aromatic rings. The average molecular weight is 236 g/mol. The lowest BCUT2D eigenvalue weighted by molar-refractivity contribution is 0.130. The summed E-state index contributed by atoms with van der Waals surface area (Å²) in [6.45, 7) is 4.03. The SMILES string of the molecule is Cc1nn(C)c(C)c1C(O)CC1CCCCC1. The Kier molecular flexibility index (Phi) is 3.87. The molecule has 0 aliphatic heterocycles. The molecular weight excluding hydrogens is 212 g/mol. The second-order valence-corrected chi connectivity index (χ2v) is 5.46. The number of hydrogen-bond acceptors (Lipinski definition) is 2. The Morgan fingerprint density at radius 2 is 1.94 bits per heavy atom. The summed E-state index contributed by atoms with van der Waals surface area (Å²) < 4.78 is 1.87. The van der Waals surface area contributed by atoms with Crippen molar-refractivity contribution in [2.24, 2.45) is 13.0 Å². The standard InChI is InChI=1S/C14H24N2O/c1-10-14(11(2)16(3)15-10)13(17)9-12-7-5-4-6-8-12/h12-13,17H,4-9H2,1-3H3. The molecular formula is C14H24N2O. The quantitative estimate of drug-likeness (QED) is 0.876. The Hall–Kier alpha value is -0.830. The van der Waals surface area contributed by atoms with E-state index < -0.39 is 0 Å². The van der Waals surface area contributed by atoms with Crippen molar-refractivity contribution >= 4 is 0 Å². The lowest BCUT2D eigenvalue weighted by Crippen LogP contribution is -2.12. The summed E-state index contributed by atoms with van der Waals surface area (Å²) in [5, 5.41) is 14.8. The van der Waals surface area contributed by atoms with Crippen molar-refractivity contribution in [1.29, 1.82) is 0 Å². The number of nitrogens with zero attached hydrogens (tertiary/aromatic N) is 2. The number of aromatic nitrogens is 2. The largest absolute Gasteiger partial charge is 0.388 e. The first kappa shape index (κ1) is 12.6. The number of aliphatic hydroxyl groups is 1. The highest BCUT2D eigenvalue weighted by Crippen LogP contribution is 2.33. The van der Waals surface area contributed by atoms with Gasteiger partial charge in [0.15, 0.2) is 0 Å². The first-order chi connectivity index (χ1) is 8.09. The maximum absolute atomic E-state index is 10.4. The molecule has 0 amide bonds. The number of aliphatic hydroxyl groups excluding tert-OH is 1. The number of rotatable bonds is 3. The zero-order valence-electron chi connectivity index (χ0n) is 11.2. The Labute approximate surface area is 104 Å². The van der Waals surface area contributed by atoms with Gasteiger partial charge in [-0.15, -0.1) is 0 Å². The molecule has 0 radical (unpaired) electrons. The minimum atomic E-state index is -0.327. The van der Waals surface area contributed by atoms with Crippen LogP contribution in [0.1, 0.15) is 61.6 Å². The van der Waals surface area contributed by atoms with Crippen LogP contribution in [0.25, 0.3) is 0 Å². The molecule has 3 nitrogen and oxygen atoms in total. The molecule has 0 saturated heterocycles. The Balaban J connectivity index is 2.05. The van der Waals surface area contributed by atoms with E-state index in [2.05, 4.69) is 5.10 Å². The van der Waals surface area contributed by atoms with Crippen LogP contribution in [-0.2, 0) is 7.05 Å². The fourth-order valence-corrected chi connectivity index (χ4v) is 3.13. The molecule has 1 N–H and O–H groups in total. The van der Waals surface area contributed by atoms with Crippen LogP contribution < -0.4 is 0 Å². The van der Waals surface area contributed by atoms with Crippen LogP contribution in [0.5, 0.6) is 0 Å². The van der Waals surface area contributed by atoms with Crippen molar-refractivity contribution in [2.45, 2.75) is 58.5 Å². The highest BCUT2D eigenvalue weighted by atomic mass is 16.3. The predicted octanol–water partition coefficient (Wildman–Crippen LogP) is 3.04. The van der Waals surface area contributed by atoms with E-state index in [1.54, 1.807) is 0 Å². The van der Waals surface area contributed by atoms with Crippen LogP contribution >= 0.6 is 0 Å². The maximum atomic E-state index is 10.4. The zero-order valence-corrected chi connectivity index (χ0v) is 11.2. The summed E-state index contributed by atoms with van der Waals surface area (Å²) in [4.78, 5) is 0. The molecule has 1 atom stereocenters. The van der Waals surface area contributed by atoms with Gasteiger partial charge in [0.1, 0.15) is 0 Å². The highest BCUT2D eigenvalue weighted by molar-refractivity contribution is 5.26.